The van der Waals surface area contributed by atoms with Gasteiger partial charge in [0.25, 0.3) is 0 Å². The Morgan fingerprint density at radius 1 is 1.18 bits per heavy atom. The van der Waals surface area contributed by atoms with Crippen LogP contribution in [0.2, 0.25) is 0 Å². The van der Waals surface area contributed by atoms with Crippen molar-refractivity contribution in [2.24, 2.45) is 0 Å². The maximum Gasteiger partial charge on any atom is 0.0339 e. The standard InChI is InChI=1S/C13H13Br2NS/c1-16(9-13-12(15)5-6-17-13)8-10-3-2-4-11(14)7-10/h2-7H,8-9H2,1H3. The highest BCUT2D eigenvalue weighted by molar-refractivity contribution is 9.10. The Morgan fingerprint density at radius 2 is 2.00 bits per heavy atom. The van der Waals surface area contributed by atoms with Crippen molar-refractivity contribution in [1.82, 2.24) is 4.90 Å². The minimum Gasteiger partial charge on any atom is -0.297 e. The molecule has 2 aromatic rings. The van der Waals surface area contributed by atoms with Crippen molar-refractivity contribution in [2.75, 3.05) is 7.05 Å². The monoisotopic (exact) mass is 373 g/mol. The normalized spacial score (nSPS) is 11.1. The summed E-state index contributed by atoms with van der Waals surface area (Å²) in [5.41, 5.74) is 1.33. The Bertz CT molecular complexity index is 496. The average molecular weight is 375 g/mol. The summed E-state index contributed by atoms with van der Waals surface area (Å²) in [4.78, 5) is 3.70. The van der Waals surface area contributed by atoms with Crippen molar-refractivity contribution in [3.63, 3.8) is 0 Å². The molecule has 90 valence electrons. The molecule has 2 rings (SSSR count). The van der Waals surface area contributed by atoms with Gasteiger partial charge in [-0.3, -0.25) is 4.90 Å². The van der Waals surface area contributed by atoms with E-state index in [9.17, 15) is 0 Å². The van der Waals surface area contributed by atoms with Crippen LogP contribution >= 0.6 is 43.2 Å². The van der Waals surface area contributed by atoms with E-state index in [2.05, 4.69) is 79.5 Å². The van der Waals surface area contributed by atoms with Crippen LogP contribution in [0.15, 0.2) is 44.7 Å². The van der Waals surface area contributed by atoms with E-state index >= 15 is 0 Å². The zero-order chi connectivity index (χ0) is 12.3. The summed E-state index contributed by atoms with van der Waals surface area (Å²) in [6.45, 7) is 1.94. The van der Waals surface area contributed by atoms with E-state index in [4.69, 9.17) is 0 Å². The van der Waals surface area contributed by atoms with Crippen LogP contribution in [0.25, 0.3) is 0 Å². The second-order valence-electron chi connectivity index (χ2n) is 3.99. The zero-order valence-electron chi connectivity index (χ0n) is 9.49. The highest BCUT2D eigenvalue weighted by Crippen LogP contribution is 2.24. The summed E-state index contributed by atoms with van der Waals surface area (Å²) in [6.07, 6.45) is 0. The molecule has 1 aromatic heterocycles. The molecule has 0 aliphatic carbocycles. The number of hydrogen-bond acceptors (Lipinski definition) is 2. The number of nitrogens with zero attached hydrogens (tertiary/aromatic N) is 1. The molecular weight excluding hydrogens is 362 g/mol. The van der Waals surface area contributed by atoms with Crippen molar-refractivity contribution < 1.29 is 0 Å². The van der Waals surface area contributed by atoms with Crippen LogP contribution in [0.3, 0.4) is 0 Å². The van der Waals surface area contributed by atoms with E-state index < -0.39 is 0 Å². The van der Waals surface area contributed by atoms with Gasteiger partial charge in [0.2, 0.25) is 0 Å². The average Bonchev–Trinajstić information content (AvgIpc) is 2.64. The highest BCUT2D eigenvalue weighted by atomic mass is 79.9. The van der Waals surface area contributed by atoms with Gasteiger partial charge in [0, 0.05) is 26.9 Å². The SMILES string of the molecule is CN(Cc1cccc(Br)c1)Cc1sccc1Br. The van der Waals surface area contributed by atoms with Gasteiger partial charge >= 0.3 is 0 Å². The van der Waals surface area contributed by atoms with Crippen LogP contribution < -0.4 is 0 Å². The molecule has 1 aromatic carbocycles. The lowest BCUT2D eigenvalue weighted by Gasteiger charge is -2.16. The maximum atomic E-state index is 3.57. The van der Waals surface area contributed by atoms with Crippen molar-refractivity contribution in [1.29, 1.82) is 0 Å². The van der Waals surface area contributed by atoms with E-state index in [-0.39, 0.29) is 0 Å². The fourth-order valence-electron chi connectivity index (χ4n) is 1.69. The fraction of sp³-hybridized carbons (Fsp3) is 0.231. The highest BCUT2D eigenvalue weighted by Gasteiger charge is 2.06. The summed E-state index contributed by atoms with van der Waals surface area (Å²) in [7, 11) is 2.15. The number of thiophene rings is 1. The Morgan fingerprint density at radius 3 is 2.65 bits per heavy atom. The van der Waals surface area contributed by atoms with E-state index in [0.29, 0.717) is 0 Å². The van der Waals surface area contributed by atoms with Gasteiger partial charge in [0.05, 0.1) is 0 Å². The number of rotatable bonds is 4. The summed E-state index contributed by atoms with van der Waals surface area (Å²) >= 11 is 8.86. The largest absolute Gasteiger partial charge is 0.297 e. The maximum absolute atomic E-state index is 3.57. The van der Waals surface area contributed by atoms with Gasteiger partial charge in [-0.15, -0.1) is 11.3 Å². The van der Waals surface area contributed by atoms with Gasteiger partial charge in [-0.2, -0.15) is 0 Å². The molecule has 0 saturated carbocycles. The van der Waals surface area contributed by atoms with E-state index in [1.54, 1.807) is 11.3 Å². The van der Waals surface area contributed by atoms with Crippen LogP contribution in [-0.4, -0.2) is 11.9 Å². The summed E-state index contributed by atoms with van der Waals surface area (Å²) < 4.78 is 2.35. The first-order valence-corrected chi connectivity index (χ1v) is 7.76. The summed E-state index contributed by atoms with van der Waals surface area (Å²) in [5, 5.41) is 2.12. The van der Waals surface area contributed by atoms with Crippen molar-refractivity contribution in [2.45, 2.75) is 13.1 Å². The molecule has 0 saturated heterocycles. The molecule has 0 aliphatic heterocycles. The molecule has 4 heteroatoms. The topological polar surface area (TPSA) is 3.24 Å². The molecule has 0 bridgehead atoms. The third-order valence-electron chi connectivity index (χ3n) is 2.45. The number of halogens is 2. The Balaban J connectivity index is 1.98. The van der Waals surface area contributed by atoms with Gasteiger partial charge in [-0.25, -0.2) is 0 Å². The minimum atomic E-state index is 0.962. The molecule has 0 fully saturated rings. The molecule has 0 N–H and O–H groups in total. The van der Waals surface area contributed by atoms with Crippen molar-refractivity contribution >= 4 is 43.2 Å². The van der Waals surface area contributed by atoms with Gasteiger partial charge in [0.1, 0.15) is 0 Å². The first-order chi connectivity index (χ1) is 8.15. The predicted octanol–water partition coefficient (Wildman–Crippen LogP) is 4.91. The molecule has 1 nitrogen and oxygen atoms in total. The summed E-state index contributed by atoms with van der Waals surface area (Å²) in [5.74, 6) is 0. The molecule has 0 atom stereocenters. The molecule has 0 radical (unpaired) electrons. The number of hydrogen-bond donors (Lipinski definition) is 0. The first-order valence-electron chi connectivity index (χ1n) is 5.30. The summed E-state index contributed by atoms with van der Waals surface area (Å²) in [6, 6.07) is 10.6. The third kappa shape index (κ3) is 3.91. The molecule has 0 unspecified atom stereocenters. The van der Waals surface area contributed by atoms with Gasteiger partial charge in [-0.05, 0) is 52.1 Å². The fourth-order valence-corrected chi connectivity index (χ4v) is 3.69. The van der Waals surface area contributed by atoms with Gasteiger partial charge < -0.3 is 0 Å². The second kappa shape index (κ2) is 6.14. The van der Waals surface area contributed by atoms with Crippen molar-refractivity contribution in [3.8, 4) is 0 Å². The molecule has 1 heterocycles. The van der Waals surface area contributed by atoms with Gasteiger partial charge in [0.15, 0.2) is 0 Å². The Labute approximate surface area is 123 Å². The number of benzene rings is 1. The minimum absolute atomic E-state index is 0.962. The van der Waals surface area contributed by atoms with Crippen molar-refractivity contribution in [3.05, 3.63) is 55.1 Å². The molecule has 0 spiro atoms. The van der Waals surface area contributed by atoms with E-state index in [1.807, 2.05) is 0 Å². The second-order valence-corrected chi connectivity index (χ2v) is 6.76. The lowest BCUT2D eigenvalue weighted by Crippen LogP contribution is -2.16. The lowest BCUT2D eigenvalue weighted by atomic mass is 10.2. The van der Waals surface area contributed by atoms with E-state index in [1.165, 1.54) is 14.9 Å². The quantitative estimate of drug-likeness (QED) is 0.735. The third-order valence-corrected chi connectivity index (χ3v) is 4.85. The van der Waals surface area contributed by atoms with Crippen LogP contribution in [0.5, 0.6) is 0 Å². The molecule has 0 aliphatic rings. The first kappa shape index (κ1) is 13.3. The smallest absolute Gasteiger partial charge is 0.0339 e. The Hall–Kier alpha value is -0.160. The molecule has 0 amide bonds. The van der Waals surface area contributed by atoms with E-state index in [0.717, 1.165) is 17.6 Å². The van der Waals surface area contributed by atoms with Crippen LogP contribution in [0.1, 0.15) is 10.4 Å². The lowest BCUT2D eigenvalue weighted by molar-refractivity contribution is 0.321. The molecule has 17 heavy (non-hydrogen) atoms. The van der Waals surface area contributed by atoms with Gasteiger partial charge in [-0.1, -0.05) is 28.1 Å². The zero-order valence-corrected chi connectivity index (χ0v) is 13.5. The van der Waals surface area contributed by atoms with Crippen LogP contribution in [0, 0.1) is 0 Å². The predicted molar refractivity (Wildman–Crippen MR) is 81.3 cm³/mol. The van der Waals surface area contributed by atoms with Crippen LogP contribution in [-0.2, 0) is 13.1 Å². The van der Waals surface area contributed by atoms with Crippen LogP contribution in [0.4, 0.5) is 0 Å². The Kier molecular flexibility index (Phi) is 4.79. The molecular formula is C13H13Br2NS.